The van der Waals surface area contributed by atoms with Crippen molar-refractivity contribution in [1.82, 2.24) is 4.98 Å². The molecular formula is C12H14N2O2S2. The average molecular weight is 282 g/mol. The Bertz CT molecular complexity index is 565. The minimum atomic E-state index is -0.729. The summed E-state index contributed by atoms with van der Waals surface area (Å²) in [5.74, 6) is 0.439. The number of aliphatic hydroxyl groups excluding tert-OH is 1. The number of aliphatic hydroxyl groups is 1. The van der Waals surface area contributed by atoms with Gasteiger partial charge in [-0.2, -0.15) is 0 Å². The lowest BCUT2D eigenvalue weighted by Crippen LogP contribution is -2.11. The molecule has 1 aromatic heterocycles. The average Bonchev–Trinajstić information content (AvgIpc) is 2.83. The largest absolute Gasteiger partial charge is 0.432 e. The first kappa shape index (κ1) is 13.2. The van der Waals surface area contributed by atoms with E-state index >= 15 is 0 Å². The second-order valence-electron chi connectivity index (χ2n) is 3.68. The Balaban J connectivity index is 2.01. The first-order valence-corrected chi connectivity index (χ1v) is 7.07. The summed E-state index contributed by atoms with van der Waals surface area (Å²) in [6, 6.07) is 7.95. The molecule has 0 aliphatic rings. The number of anilines is 1. The SMILES string of the molecule is CSc1ccccc1NCC(O)c1c[nH]c(=S)o1. The van der Waals surface area contributed by atoms with Crippen molar-refractivity contribution in [2.75, 3.05) is 18.1 Å². The van der Waals surface area contributed by atoms with Crippen molar-refractivity contribution >= 4 is 29.7 Å². The summed E-state index contributed by atoms with van der Waals surface area (Å²) >= 11 is 6.47. The maximum absolute atomic E-state index is 9.93. The molecule has 0 radical (unpaired) electrons. The Morgan fingerprint density at radius 1 is 1.50 bits per heavy atom. The molecule has 0 spiro atoms. The van der Waals surface area contributed by atoms with E-state index < -0.39 is 6.10 Å². The van der Waals surface area contributed by atoms with Crippen molar-refractivity contribution in [3.63, 3.8) is 0 Å². The van der Waals surface area contributed by atoms with Crippen LogP contribution in [-0.4, -0.2) is 22.9 Å². The second-order valence-corrected chi connectivity index (χ2v) is 4.90. The summed E-state index contributed by atoms with van der Waals surface area (Å²) < 4.78 is 5.15. The van der Waals surface area contributed by atoms with Crippen molar-refractivity contribution in [2.45, 2.75) is 11.0 Å². The van der Waals surface area contributed by atoms with Gasteiger partial charge in [0.05, 0.1) is 0 Å². The van der Waals surface area contributed by atoms with Gasteiger partial charge in [0.2, 0.25) is 0 Å². The van der Waals surface area contributed by atoms with Crippen LogP contribution in [0.2, 0.25) is 0 Å². The zero-order valence-corrected chi connectivity index (χ0v) is 11.5. The molecule has 96 valence electrons. The third-order valence-corrected chi connectivity index (χ3v) is 3.46. The van der Waals surface area contributed by atoms with Crippen molar-refractivity contribution in [2.24, 2.45) is 0 Å². The molecule has 6 heteroatoms. The number of para-hydroxylation sites is 1. The van der Waals surface area contributed by atoms with E-state index in [0.717, 1.165) is 10.6 Å². The number of aromatic amines is 1. The van der Waals surface area contributed by atoms with Crippen molar-refractivity contribution < 1.29 is 9.52 Å². The van der Waals surface area contributed by atoms with Crippen LogP contribution in [-0.2, 0) is 0 Å². The van der Waals surface area contributed by atoms with Crippen LogP contribution in [0.25, 0.3) is 0 Å². The number of nitrogens with one attached hydrogen (secondary N) is 2. The van der Waals surface area contributed by atoms with Crippen LogP contribution in [0.4, 0.5) is 5.69 Å². The summed E-state index contributed by atoms with van der Waals surface area (Å²) in [5.41, 5.74) is 0.998. The summed E-state index contributed by atoms with van der Waals surface area (Å²) in [7, 11) is 0. The standard InChI is InChI=1S/C12H14N2O2S2/c1-18-11-5-3-2-4-8(11)13-6-9(15)10-7-14-12(17)16-10/h2-5,7,9,13,15H,6H2,1H3,(H,14,17). The van der Waals surface area contributed by atoms with Crippen LogP contribution in [0, 0.1) is 4.84 Å². The minimum absolute atomic E-state index is 0.272. The molecule has 0 fully saturated rings. The van der Waals surface area contributed by atoms with E-state index in [2.05, 4.69) is 10.3 Å². The van der Waals surface area contributed by atoms with E-state index in [1.807, 2.05) is 30.5 Å². The van der Waals surface area contributed by atoms with Crippen LogP contribution in [0.15, 0.2) is 39.8 Å². The number of aromatic nitrogens is 1. The molecule has 4 nitrogen and oxygen atoms in total. The molecule has 0 aliphatic heterocycles. The van der Waals surface area contributed by atoms with Crippen molar-refractivity contribution in [1.29, 1.82) is 0 Å². The Morgan fingerprint density at radius 3 is 2.94 bits per heavy atom. The van der Waals surface area contributed by atoms with E-state index in [-0.39, 0.29) is 4.84 Å². The summed E-state index contributed by atoms with van der Waals surface area (Å²) in [6.45, 7) is 0.369. The molecule has 0 bridgehead atoms. The number of oxazole rings is 1. The van der Waals surface area contributed by atoms with Crippen LogP contribution in [0.5, 0.6) is 0 Å². The van der Waals surface area contributed by atoms with Gasteiger partial charge in [0.25, 0.3) is 4.84 Å². The predicted molar refractivity (Wildman–Crippen MR) is 75.6 cm³/mol. The van der Waals surface area contributed by atoms with Crippen LogP contribution >= 0.6 is 24.0 Å². The molecule has 0 saturated carbocycles. The molecule has 1 aromatic carbocycles. The van der Waals surface area contributed by atoms with E-state index in [1.54, 1.807) is 18.0 Å². The molecule has 1 heterocycles. The molecule has 18 heavy (non-hydrogen) atoms. The third-order valence-electron chi connectivity index (χ3n) is 2.46. The monoisotopic (exact) mass is 282 g/mol. The van der Waals surface area contributed by atoms with Crippen LogP contribution in [0.3, 0.4) is 0 Å². The van der Waals surface area contributed by atoms with Gasteiger partial charge in [0.1, 0.15) is 6.10 Å². The summed E-state index contributed by atoms with van der Waals surface area (Å²) in [4.78, 5) is 4.14. The smallest absolute Gasteiger partial charge is 0.266 e. The molecule has 1 atom stereocenters. The number of hydrogen-bond acceptors (Lipinski definition) is 5. The molecule has 0 saturated heterocycles. The van der Waals surface area contributed by atoms with Gasteiger partial charge >= 0.3 is 0 Å². The van der Waals surface area contributed by atoms with Crippen LogP contribution < -0.4 is 5.32 Å². The quantitative estimate of drug-likeness (QED) is 0.580. The highest BCUT2D eigenvalue weighted by Gasteiger charge is 2.11. The third kappa shape index (κ3) is 3.16. The Labute approximate surface area is 114 Å². The number of hydrogen-bond donors (Lipinski definition) is 3. The molecule has 2 rings (SSSR count). The first-order valence-electron chi connectivity index (χ1n) is 5.44. The maximum Gasteiger partial charge on any atom is 0.266 e. The minimum Gasteiger partial charge on any atom is -0.432 e. The highest BCUT2D eigenvalue weighted by Crippen LogP contribution is 2.25. The number of benzene rings is 1. The normalized spacial score (nSPS) is 12.3. The van der Waals surface area contributed by atoms with Gasteiger partial charge in [-0.25, -0.2) is 0 Å². The number of rotatable bonds is 5. The summed E-state index contributed by atoms with van der Waals surface area (Å²) in [6.07, 6.45) is 2.87. The van der Waals surface area contributed by atoms with Gasteiger partial charge in [0, 0.05) is 23.3 Å². The molecule has 0 amide bonds. The number of H-pyrrole nitrogens is 1. The van der Waals surface area contributed by atoms with Gasteiger partial charge in [-0.15, -0.1) is 11.8 Å². The second kappa shape index (κ2) is 6.08. The highest BCUT2D eigenvalue weighted by molar-refractivity contribution is 7.98. The van der Waals surface area contributed by atoms with E-state index in [4.69, 9.17) is 16.6 Å². The Kier molecular flexibility index (Phi) is 4.46. The lowest BCUT2D eigenvalue weighted by molar-refractivity contribution is 0.161. The van der Waals surface area contributed by atoms with Gasteiger partial charge in [0.15, 0.2) is 5.76 Å². The Hall–Kier alpha value is -1.24. The van der Waals surface area contributed by atoms with Crippen molar-refractivity contribution in [3.05, 3.63) is 41.1 Å². The lowest BCUT2D eigenvalue weighted by Gasteiger charge is -2.12. The zero-order valence-electron chi connectivity index (χ0n) is 9.84. The fraction of sp³-hybridized carbons (Fsp3) is 0.250. The lowest BCUT2D eigenvalue weighted by atomic mass is 10.2. The zero-order chi connectivity index (χ0) is 13.0. The first-order chi connectivity index (χ1) is 8.70. The molecule has 3 N–H and O–H groups in total. The fourth-order valence-electron chi connectivity index (χ4n) is 1.56. The predicted octanol–water partition coefficient (Wildman–Crippen LogP) is 3.20. The van der Waals surface area contributed by atoms with Crippen LogP contribution in [0.1, 0.15) is 11.9 Å². The maximum atomic E-state index is 9.93. The highest BCUT2D eigenvalue weighted by atomic mass is 32.2. The Morgan fingerprint density at radius 2 is 2.28 bits per heavy atom. The van der Waals surface area contributed by atoms with Gasteiger partial charge < -0.3 is 19.8 Å². The van der Waals surface area contributed by atoms with Gasteiger partial charge in [-0.05, 0) is 30.6 Å². The fourth-order valence-corrected chi connectivity index (χ4v) is 2.29. The van der Waals surface area contributed by atoms with E-state index in [9.17, 15) is 5.11 Å². The topological polar surface area (TPSA) is 61.2 Å². The van der Waals surface area contributed by atoms with Gasteiger partial charge in [-0.1, -0.05) is 12.1 Å². The molecular weight excluding hydrogens is 268 g/mol. The van der Waals surface area contributed by atoms with E-state index in [1.165, 1.54) is 0 Å². The van der Waals surface area contributed by atoms with Crippen molar-refractivity contribution in [3.8, 4) is 0 Å². The summed E-state index contributed by atoms with van der Waals surface area (Å²) in [5, 5.41) is 13.1. The van der Waals surface area contributed by atoms with E-state index in [0.29, 0.717) is 12.3 Å². The molecule has 1 unspecified atom stereocenters. The molecule has 2 aromatic rings. The van der Waals surface area contributed by atoms with Gasteiger partial charge in [-0.3, -0.25) is 0 Å². The number of thioether (sulfide) groups is 1. The molecule has 0 aliphatic carbocycles.